The van der Waals surface area contributed by atoms with Crippen molar-refractivity contribution >= 4 is 0 Å². The van der Waals surface area contributed by atoms with Crippen LogP contribution in [0.15, 0.2) is 24.3 Å². The van der Waals surface area contributed by atoms with Gasteiger partial charge in [0.25, 0.3) is 0 Å². The lowest BCUT2D eigenvalue weighted by Crippen LogP contribution is -2.42. The molecule has 0 bridgehead atoms. The van der Waals surface area contributed by atoms with Crippen LogP contribution in [0.5, 0.6) is 5.75 Å². The van der Waals surface area contributed by atoms with Gasteiger partial charge in [0.2, 0.25) is 0 Å². The van der Waals surface area contributed by atoms with Crippen molar-refractivity contribution in [2.75, 3.05) is 27.7 Å². The first-order valence-electron chi connectivity index (χ1n) is 9.22. The van der Waals surface area contributed by atoms with Gasteiger partial charge in [-0.05, 0) is 44.6 Å². The Morgan fingerprint density at radius 2 is 1.95 bits per heavy atom. The number of aliphatic hydroxyl groups is 1. The van der Waals surface area contributed by atoms with E-state index in [1.54, 1.807) is 24.3 Å². The van der Waals surface area contributed by atoms with Gasteiger partial charge in [0.15, 0.2) is 0 Å². The van der Waals surface area contributed by atoms with Crippen LogP contribution in [0.4, 0.5) is 0 Å². The summed E-state index contributed by atoms with van der Waals surface area (Å²) < 4.78 is 35.4. The lowest BCUT2D eigenvalue weighted by molar-refractivity contribution is -0.0277. The zero-order chi connectivity index (χ0) is 18.0. The molecule has 0 aromatic heterocycles. The van der Waals surface area contributed by atoms with Crippen LogP contribution in [0.25, 0.3) is 0 Å². The smallest absolute Gasteiger partial charge is 0.118 e. The van der Waals surface area contributed by atoms with Gasteiger partial charge in [0, 0.05) is 13.8 Å². The molecular formula is C17H27NO2. The molecule has 1 atom stereocenters. The third-order valence-electron chi connectivity index (χ3n) is 4.04. The molecule has 0 amide bonds. The number of methoxy groups -OCH3 is 1. The third kappa shape index (κ3) is 3.53. The molecule has 1 aliphatic carbocycles. The Labute approximate surface area is 128 Å². The number of hydrogen-bond donors (Lipinski definition) is 1. The Morgan fingerprint density at radius 1 is 1.30 bits per heavy atom. The largest absolute Gasteiger partial charge is 0.497 e. The predicted octanol–water partition coefficient (Wildman–Crippen LogP) is 3.04. The van der Waals surface area contributed by atoms with E-state index in [-0.39, 0.29) is 5.75 Å². The molecule has 112 valence electrons. The van der Waals surface area contributed by atoms with Crippen LogP contribution in [0.2, 0.25) is 0 Å². The Kier molecular flexibility index (Phi) is 3.51. The van der Waals surface area contributed by atoms with E-state index in [1.807, 2.05) is 19.0 Å². The van der Waals surface area contributed by atoms with Crippen molar-refractivity contribution in [2.24, 2.45) is 0 Å². The third-order valence-corrected chi connectivity index (χ3v) is 4.04. The Morgan fingerprint density at radius 3 is 2.50 bits per heavy atom. The van der Waals surface area contributed by atoms with Crippen LogP contribution in [0.3, 0.4) is 0 Å². The first-order valence-corrected chi connectivity index (χ1v) is 7.22. The fourth-order valence-corrected chi connectivity index (χ4v) is 2.99. The first-order chi connectivity index (χ1) is 11.1. The normalized spacial score (nSPS) is 25.0. The standard InChI is InChI=1S/C17H27NO2/c1-18(2)13-16(17(19)11-5-4-6-12-17)14-7-9-15(20-3)10-8-14/h7-10,16,19H,4-6,11-13H2,1-3H3/i3D3,16D. The van der Waals surface area contributed by atoms with Gasteiger partial charge in [-0.2, -0.15) is 0 Å². The predicted molar refractivity (Wildman–Crippen MR) is 82.3 cm³/mol. The van der Waals surface area contributed by atoms with E-state index in [1.165, 1.54) is 0 Å². The number of benzene rings is 1. The molecular weight excluding hydrogens is 250 g/mol. The average Bonchev–Trinajstić information content (AvgIpc) is 2.46. The Balaban J connectivity index is 2.33. The second-order valence-electron chi connectivity index (χ2n) is 5.94. The van der Waals surface area contributed by atoms with E-state index in [4.69, 9.17) is 10.2 Å². The van der Waals surface area contributed by atoms with Gasteiger partial charge in [-0.1, -0.05) is 31.4 Å². The van der Waals surface area contributed by atoms with Gasteiger partial charge in [0.1, 0.15) is 5.75 Å². The molecule has 1 aliphatic rings. The maximum Gasteiger partial charge on any atom is 0.118 e. The van der Waals surface area contributed by atoms with E-state index < -0.39 is 18.5 Å². The minimum atomic E-state index is -2.50. The van der Waals surface area contributed by atoms with Crippen molar-refractivity contribution in [2.45, 2.75) is 43.6 Å². The molecule has 2 rings (SSSR count). The van der Waals surface area contributed by atoms with Crippen molar-refractivity contribution in [1.29, 1.82) is 0 Å². The second kappa shape index (κ2) is 6.59. The summed E-state index contributed by atoms with van der Waals surface area (Å²) >= 11 is 0. The molecule has 1 saturated carbocycles. The van der Waals surface area contributed by atoms with E-state index in [0.717, 1.165) is 19.3 Å². The maximum atomic E-state index is 11.2. The molecule has 1 aromatic rings. The summed E-state index contributed by atoms with van der Waals surface area (Å²) in [5.74, 6) is -0.934. The molecule has 3 heteroatoms. The minimum Gasteiger partial charge on any atom is -0.497 e. The van der Waals surface area contributed by atoms with E-state index in [0.29, 0.717) is 24.9 Å². The molecule has 0 heterocycles. The van der Waals surface area contributed by atoms with Crippen LogP contribution in [0.1, 0.15) is 49.0 Å². The highest BCUT2D eigenvalue weighted by Gasteiger charge is 2.38. The number of hydrogen-bond acceptors (Lipinski definition) is 3. The summed E-state index contributed by atoms with van der Waals surface area (Å²) in [5.41, 5.74) is -0.402. The molecule has 20 heavy (non-hydrogen) atoms. The van der Waals surface area contributed by atoms with Crippen molar-refractivity contribution in [3.63, 3.8) is 0 Å². The summed E-state index contributed by atoms with van der Waals surface area (Å²) in [7, 11) is 1.29. The summed E-state index contributed by atoms with van der Waals surface area (Å²) in [6.07, 6.45) is 4.15. The minimum absolute atomic E-state index is 0.238. The van der Waals surface area contributed by atoms with Gasteiger partial charge in [-0.15, -0.1) is 0 Å². The number of ether oxygens (including phenoxy) is 1. The van der Waals surface area contributed by atoms with Gasteiger partial charge >= 0.3 is 0 Å². The van der Waals surface area contributed by atoms with Gasteiger partial charge in [-0.25, -0.2) is 0 Å². The topological polar surface area (TPSA) is 32.7 Å². The summed E-state index contributed by atoms with van der Waals surface area (Å²) in [6.45, 7) is 0.392. The molecule has 0 radical (unpaired) electrons. The monoisotopic (exact) mass is 281 g/mol. The van der Waals surface area contributed by atoms with Crippen LogP contribution >= 0.6 is 0 Å². The van der Waals surface area contributed by atoms with Gasteiger partial charge in [0.05, 0.1) is 16.8 Å². The Hall–Kier alpha value is -1.06. The highest BCUT2D eigenvalue weighted by molar-refractivity contribution is 5.31. The SMILES string of the molecule is [2H]C([2H])([2H])Oc1ccc(C([2H])(CN(C)C)C2(O)CCCCC2)cc1. The molecule has 3 nitrogen and oxygen atoms in total. The lowest BCUT2D eigenvalue weighted by atomic mass is 9.72. The average molecular weight is 281 g/mol. The highest BCUT2D eigenvalue weighted by Crippen LogP contribution is 2.40. The Bertz CT molecular complexity index is 539. The summed E-state index contributed by atoms with van der Waals surface area (Å²) in [5, 5.41) is 11.2. The molecule has 1 aromatic carbocycles. The maximum absolute atomic E-state index is 11.2. The van der Waals surface area contributed by atoms with E-state index in [2.05, 4.69) is 0 Å². The van der Waals surface area contributed by atoms with E-state index >= 15 is 0 Å². The fourth-order valence-electron chi connectivity index (χ4n) is 2.99. The number of likely N-dealkylation sites (N-methyl/N-ethyl adjacent to an activating group) is 1. The van der Waals surface area contributed by atoms with Gasteiger partial charge in [-0.3, -0.25) is 0 Å². The van der Waals surface area contributed by atoms with Gasteiger partial charge < -0.3 is 14.7 Å². The molecule has 1 N–H and O–H groups in total. The van der Waals surface area contributed by atoms with Crippen LogP contribution < -0.4 is 4.74 Å². The van der Waals surface area contributed by atoms with E-state index in [9.17, 15) is 5.11 Å². The number of rotatable bonds is 5. The van der Waals surface area contributed by atoms with Crippen molar-refractivity contribution in [3.8, 4) is 5.75 Å². The number of nitrogens with zero attached hydrogens (tertiary/aromatic N) is 1. The summed E-state index contributed by atoms with van der Waals surface area (Å²) in [4.78, 5) is 1.91. The van der Waals surface area contributed by atoms with Crippen LogP contribution in [-0.2, 0) is 0 Å². The molecule has 1 fully saturated rings. The highest BCUT2D eigenvalue weighted by atomic mass is 16.5. The zero-order valence-electron chi connectivity index (χ0n) is 16.4. The summed E-state index contributed by atoms with van der Waals surface area (Å²) in [6, 6.07) is 6.52. The molecule has 0 aliphatic heterocycles. The van der Waals surface area contributed by atoms with Crippen molar-refractivity contribution in [1.82, 2.24) is 4.90 Å². The zero-order valence-corrected chi connectivity index (χ0v) is 12.4. The van der Waals surface area contributed by atoms with Crippen molar-refractivity contribution in [3.05, 3.63) is 29.8 Å². The second-order valence-corrected chi connectivity index (χ2v) is 5.94. The quantitative estimate of drug-likeness (QED) is 0.900. The molecule has 0 saturated heterocycles. The van der Waals surface area contributed by atoms with Crippen molar-refractivity contribution < 1.29 is 15.3 Å². The molecule has 1 unspecified atom stereocenters. The van der Waals surface area contributed by atoms with Crippen LogP contribution in [0, 0.1) is 0 Å². The van der Waals surface area contributed by atoms with Crippen LogP contribution in [-0.4, -0.2) is 43.3 Å². The lowest BCUT2D eigenvalue weighted by Gasteiger charge is -2.40. The fraction of sp³-hybridized carbons (Fsp3) is 0.647. The molecule has 0 spiro atoms. The first kappa shape index (κ1) is 10.6.